The molecule has 0 atom stereocenters. The van der Waals surface area contributed by atoms with Gasteiger partial charge in [-0.15, -0.1) is 0 Å². The van der Waals surface area contributed by atoms with Crippen molar-refractivity contribution in [3.05, 3.63) is 254 Å². The third-order valence-corrected chi connectivity index (χ3v) is 13.4. The van der Waals surface area contributed by atoms with E-state index in [1.165, 1.54) is 5.56 Å². The molecule has 8 nitrogen and oxygen atoms in total. The minimum atomic E-state index is -1.96. The van der Waals surface area contributed by atoms with E-state index in [2.05, 4.69) is 230 Å². The van der Waals surface area contributed by atoms with E-state index >= 15 is 0 Å². The Morgan fingerprint density at radius 3 is 0.960 bits per heavy atom. The van der Waals surface area contributed by atoms with Crippen LogP contribution >= 0.6 is 0 Å². The van der Waals surface area contributed by atoms with E-state index in [4.69, 9.17) is 15.3 Å². The van der Waals surface area contributed by atoms with Gasteiger partial charge in [0.1, 0.15) is 0 Å². The number of anilines is 2. The quantitative estimate of drug-likeness (QED) is 0.130. The van der Waals surface area contributed by atoms with E-state index in [1.54, 1.807) is 0 Å². The molecule has 0 aliphatic heterocycles. The first-order chi connectivity index (χ1) is 35.9. The van der Waals surface area contributed by atoms with Crippen molar-refractivity contribution in [1.29, 1.82) is 0 Å². The predicted octanol–water partition coefficient (Wildman–Crippen LogP) is 15.0. The summed E-state index contributed by atoms with van der Waals surface area (Å²) in [5.74, 6) is 0.0874. The summed E-state index contributed by atoms with van der Waals surface area (Å²) in [7, 11) is -1.96. The van der Waals surface area contributed by atoms with Crippen molar-refractivity contribution in [3.8, 4) is 73.3 Å². The Bertz CT molecular complexity index is 3300. The number of benzene rings is 8. The molecule has 8 aromatic carbocycles. The average molecular weight is 1020 g/mol. The third kappa shape index (κ3) is 11.5. The Morgan fingerprint density at radius 1 is 0.373 bits per heavy atom. The maximum Gasteiger partial charge on any atom is 2.00 e. The molecule has 0 aliphatic rings. The summed E-state index contributed by atoms with van der Waals surface area (Å²) in [6.07, 6.45) is 0. The summed E-state index contributed by atoms with van der Waals surface area (Å²) in [6.45, 7) is 12.8. The van der Waals surface area contributed by atoms with Gasteiger partial charge in [0.25, 0.3) is 0 Å². The van der Waals surface area contributed by atoms with Crippen LogP contribution in [0.5, 0.6) is 5.75 Å². The minimum Gasteiger partial charge on any atom is -0.871 e. The van der Waals surface area contributed by atoms with Crippen LogP contribution in [0, 0.1) is 0 Å². The van der Waals surface area contributed by atoms with Crippen LogP contribution in [-0.4, -0.2) is 36.2 Å². The predicted molar refractivity (Wildman–Crippen MR) is 306 cm³/mol. The monoisotopic (exact) mass is 1020 g/mol. The Kier molecular flexibility index (Phi) is 15.3. The Balaban J connectivity index is 0.000000253. The molecule has 0 fully saturated rings. The molecule has 0 spiro atoms. The van der Waals surface area contributed by atoms with Crippen LogP contribution in [0.15, 0.2) is 243 Å². The van der Waals surface area contributed by atoms with Gasteiger partial charge in [0.15, 0.2) is 0 Å². The molecule has 75 heavy (non-hydrogen) atoms. The fraction of sp³-hybridized carbons (Fsp3) is 0.123. The number of hydrogen-bond acceptors (Lipinski definition) is 5. The first-order valence-electron chi connectivity index (χ1n) is 25.4. The summed E-state index contributed by atoms with van der Waals surface area (Å²) in [4.78, 5) is 0. The van der Waals surface area contributed by atoms with Crippen LogP contribution in [0.1, 0.15) is 52.7 Å². The number of nitrogens with zero attached hydrogens (tertiary/aromatic N) is 6. The Labute approximate surface area is 452 Å². The van der Waals surface area contributed by atoms with Gasteiger partial charge in [-0.25, -0.2) is 15.3 Å². The molecule has 0 unspecified atom stereocenters. The van der Waals surface area contributed by atoms with Crippen LogP contribution < -0.4 is 10.4 Å². The fourth-order valence-corrected chi connectivity index (χ4v) is 9.44. The summed E-state index contributed by atoms with van der Waals surface area (Å²) >= 11 is 0. The summed E-state index contributed by atoms with van der Waals surface area (Å²) in [5.41, 5.74) is 15.3. The minimum absolute atomic E-state index is 0. The van der Waals surface area contributed by atoms with Crippen LogP contribution in [0.2, 0.25) is 0 Å². The van der Waals surface area contributed by atoms with E-state index in [0.717, 1.165) is 78.8 Å². The van der Waals surface area contributed by atoms with Crippen LogP contribution in [-0.2, 0) is 27.9 Å². The molecule has 11 rings (SSSR count). The van der Waals surface area contributed by atoms with Crippen molar-refractivity contribution in [2.45, 2.75) is 52.4 Å². The van der Waals surface area contributed by atoms with Gasteiger partial charge in [-0.05, 0) is 75.0 Å². The fourth-order valence-electron chi connectivity index (χ4n) is 9.44. The van der Waals surface area contributed by atoms with Gasteiger partial charge in [0, 0.05) is 45.1 Å². The zero-order chi connectivity index (χ0) is 51.2. The number of hydrogen-bond donors (Lipinski definition) is 1. The normalized spacial score (nSPS) is 11.4. The molecular formula is C65H60BFeN7O. The second-order valence-electron chi connectivity index (χ2n) is 20.8. The Morgan fingerprint density at radius 2 is 0.667 bits per heavy atom. The van der Waals surface area contributed by atoms with E-state index < -0.39 is 7.12 Å². The second-order valence-corrected chi connectivity index (χ2v) is 20.8. The van der Waals surface area contributed by atoms with Gasteiger partial charge in [-0.1, -0.05) is 254 Å². The molecule has 3 aromatic heterocycles. The van der Waals surface area contributed by atoms with Crippen molar-refractivity contribution in [3.63, 3.8) is 0 Å². The molecular weight excluding hydrogens is 961 g/mol. The topological polar surface area (TPSA) is 88.5 Å². The Hall–Kier alpha value is -8.43. The molecule has 0 saturated heterocycles. The third-order valence-electron chi connectivity index (χ3n) is 13.4. The van der Waals surface area contributed by atoms with Crippen molar-refractivity contribution in [1.82, 2.24) is 29.1 Å². The molecule has 10 heteroatoms. The zero-order valence-electron chi connectivity index (χ0n) is 43.2. The molecule has 3 heterocycles. The van der Waals surface area contributed by atoms with E-state index in [1.807, 2.05) is 72.8 Å². The molecule has 11 aromatic rings. The maximum absolute atomic E-state index is 12.8. The van der Waals surface area contributed by atoms with E-state index in [9.17, 15) is 5.11 Å². The zero-order valence-corrected chi connectivity index (χ0v) is 44.4. The smallest absolute Gasteiger partial charge is 0.871 e. The van der Waals surface area contributed by atoms with Gasteiger partial charge in [0.2, 0.25) is 0 Å². The molecule has 372 valence electrons. The largest absolute Gasteiger partial charge is 2.00 e. The second kappa shape index (κ2) is 22.4. The molecule has 0 aliphatic carbocycles. The summed E-state index contributed by atoms with van der Waals surface area (Å²) < 4.78 is 6.50. The van der Waals surface area contributed by atoms with Crippen LogP contribution in [0.4, 0.5) is 11.4 Å². The number of rotatable bonds is 11. The standard InChI is InChI=1S/C45H34BN6.C20H27NO.Fe/c1-7-19-34(20-8-1)40-31-43(37-25-13-4-14-26-37)50(47-40)46(51-44(38-27-15-5-16-28-38)32-41(48-51)35-21-9-2-10-22-35)52-45(39-29-17-6-18-30-39)33-42(49-52)36-23-11-3-12-24-36;1-19(2,3)14-12-16(20(4,5)6)18(22)17(13-14)21-15-10-8-7-9-11-15;/h1-33,46H;7-13,21-22H,1-6H3;/q-1;;+2/p-1. The molecule has 0 bridgehead atoms. The van der Waals surface area contributed by atoms with Gasteiger partial charge in [-0.3, -0.25) is 0 Å². The van der Waals surface area contributed by atoms with E-state index in [0.29, 0.717) is 5.69 Å². The number of aromatic nitrogens is 6. The van der Waals surface area contributed by atoms with Gasteiger partial charge in [0.05, 0.1) is 17.1 Å². The SMILES string of the molecule is CC(C)(C)c1cc(Nc2ccccc2)c([O-])c(C(C)(C)C)c1.[Fe+2].c1ccc(-c2cc(-c3ccccc3)n([BH-](n3nc(-c4ccccc4)cc3-c3ccccc3)n3nc(-c4ccccc4)cc3-c3ccccc3)n2)cc1. The summed E-state index contributed by atoms with van der Waals surface area (Å²) in [5, 5.41) is 32.5. The van der Waals surface area contributed by atoms with Crippen molar-refractivity contribution in [2.75, 3.05) is 5.32 Å². The van der Waals surface area contributed by atoms with Crippen molar-refractivity contribution in [2.24, 2.45) is 0 Å². The van der Waals surface area contributed by atoms with Crippen molar-refractivity contribution < 1.29 is 22.2 Å². The van der Waals surface area contributed by atoms with Gasteiger partial charge in [-0.2, -0.15) is 0 Å². The van der Waals surface area contributed by atoms with Gasteiger partial charge < -0.3 is 24.2 Å². The van der Waals surface area contributed by atoms with E-state index in [-0.39, 0.29) is 33.6 Å². The van der Waals surface area contributed by atoms with Crippen LogP contribution in [0.3, 0.4) is 0 Å². The summed E-state index contributed by atoms with van der Waals surface area (Å²) in [6, 6.07) is 83.1. The molecule has 1 N–H and O–H groups in total. The molecule has 0 saturated carbocycles. The van der Waals surface area contributed by atoms with Crippen LogP contribution in [0.25, 0.3) is 67.5 Å². The van der Waals surface area contributed by atoms with Crippen molar-refractivity contribution >= 4 is 18.5 Å². The van der Waals surface area contributed by atoms with Gasteiger partial charge >= 0.3 is 24.2 Å². The first-order valence-corrected chi connectivity index (χ1v) is 25.4. The average Bonchev–Trinajstić information content (AvgIpc) is 4.21. The molecule has 0 radical (unpaired) electrons. The first kappa shape index (κ1) is 51.5. The maximum atomic E-state index is 12.8. The number of para-hydroxylation sites is 1. The molecule has 0 amide bonds. The number of nitrogens with one attached hydrogen (secondary N) is 1.